The van der Waals surface area contributed by atoms with Crippen molar-refractivity contribution >= 4 is 11.4 Å². The number of nitro benzene ring substituents is 1. The summed E-state index contributed by atoms with van der Waals surface area (Å²) in [5.41, 5.74) is 1.18. The average Bonchev–Trinajstić information content (AvgIpc) is 2.27. The van der Waals surface area contributed by atoms with Gasteiger partial charge in [0.2, 0.25) is 0 Å². The zero-order valence-electron chi connectivity index (χ0n) is 8.15. The second-order valence-corrected chi connectivity index (χ2v) is 3.05. The van der Waals surface area contributed by atoms with Crippen LogP contribution in [0.4, 0.5) is 11.4 Å². The molecule has 0 saturated carbocycles. The van der Waals surface area contributed by atoms with Crippen LogP contribution in [-0.4, -0.2) is 18.8 Å². The molecule has 0 amide bonds. The molecule has 0 saturated heterocycles. The van der Waals surface area contributed by atoms with Gasteiger partial charge >= 0.3 is 0 Å². The van der Waals surface area contributed by atoms with E-state index in [0.717, 1.165) is 0 Å². The van der Waals surface area contributed by atoms with Crippen LogP contribution in [0.25, 0.3) is 0 Å². The highest BCUT2D eigenvalue weighted by molar-refractivity contribution is 5.70. The quantitative estimate of drug-likeness (QED) is 0.591. The number of nitro groups is 1. The number of rotatable bonds is 2. The summed E-state index contributed by atoms with van der Waals surface area (Å²) in [6, 6.07) is 3.02. The molecule has 0 aliphatic carbocycles. The van der Waals surface area contributed by atoms with Gasteiger partial charge in [-0.2, -0.15) is 0 Å². The lowest BCUT2D eigenvalue weighted by Gasteiger charge is -2.19. The van der Waals surface area contributed by atoms with E-state index in [-0.39, 0.29) is 12.5 Å². The summed E-state index contributed by atoms with van der Waals surface area (Å²) in [7, 11) is 1.64. The third kappa shape index (κ3) is 1.59. The molecule has 6 heteroatoms. The zero-order chi connectivity index (χ0) is 10.8. The van der Waals surface area contributed by atoms with Gasteiger partial charge in [0.05, 0.1) is 17.1 Å². The molecule has 0 atom stereocenters. The van der Waals surface area contributed by atoms with E-state index in [1.807, 2.05) is 0 Å². The monoisotopic (exact) mass is 210 g/mol. The molecule has 2 rings (SSSR count). The molecule has 1 N–H and O–H groups in total. The number of benzene rings is 1. The third-order valence-corrected chi connectivity index (χ3v) is 2.24. The van der Waals surface area contributed by atoms with E-state index < -0.39 is 4.92 Å². The van der Waals surface area contributed by atoms with Crippen LogP contribution in [0.5, 0.6) is 5.75 Å². The van der Waals surface area contributed by atoms with Crippen molar-refractivity contribution in [1.29, 1.82) is 0 Å². The Bertz CT molecular complexity index is 405. The number of nitrogens with one attached hydrogen (secondary N) is 1. The third-order valence-electron chi connectivity index (χ3n) is 2.24. The Morgan fingerprint density at radius 3 is 3.00 bits per heavy atom. The summed E-state index contributed by atoms with van der Waals surface area (Å²) in [6.07, 6.45) is 0. The van der Waals surface area contributed by atoms with Crippen molar-refractivity contribution < 1.29 is 14.4 Å². The summed E-state index contributed by atoms with van der Waals surface area (Å²) >= 11 is 0. The maximum absolute atomic E-state index is 10.8. The van der Waals surface area contributed by atoms with Gasteiger partial charge in [-0.15, -0.1) is 0 Å². The normalized spacial score (nSPS) is 13.9. The topological polar surface area (TPSA) is 73.6 Å². The van der Waals surface area contributed by atoms with E-state index in [0.29, 0.717) is 23.6 Å². The largest absolute Gasteiger partial charge is 0.467 e. The fourth-order valence-corrected chi connectivity index (χ4v) is 1.57. The number of fused-ring (bicyclic) bond motifs is 1. The molecule has 80 valence electrons. The van der Waals surface area contributed by atoms with Crippen LogP contribution in [-0.2, 0) is 11.3 Å². The van der Waals surface area contributed by atoms with Gasteiger partial charge in [0.1, 0.15) is 11.4 Å². The van der Waals surface area contributed by atoms with E-state index in [2.05, 4.69) is 5.32 Å². The van der Waals surface area contributed by atoms with Crippen molar-refractivity contribution in [1.82, 2.24) is 0 Å². The van der Waals surface area contributed by atoms with Crippen LogP contribution in [0, 0.1) is 10.1 Å². The SMILES string of the molecule is CNc1c([N+](=O)[O-])ccc2c1COCO2. The van der Waals surface area contributed by atoms with E-state index >= 15 is 0 Å². The number of ether oxygens (including phenoxy) is 2. The Morgan fingerprint density at radius 1 is 1.53 bits per heavy atom. The predicted octanol–water partition coefficient (Wildman–Crippen LogP) is 1.50. The molecule has 1 aliphatic rings. The van der Waals surface area contributed by atoms with Crippen LogP contribution in [0.3, 0.4) is 0 Å². The first-order valence-corrected chi connectivity index (χ1v) is 4.42. The van der Waals surface area contributed by atoms with Crippen molar-refractivity contribution in [3.63, 3.8) is 0 Å². The highest BCUT2D eigenvalue weighted by atomic mass is 16.7. The molecule has 1 aliphatic heterocycles. The minimum absolute atomic E-state index is 0.0327. The lowest BCUT2D eigenvalue weighted by Crippen LogP contribution is -2.13. The van der Waals surface area contributed by atoms with Crippen molar-refractivity contribution in [2.45, 2.75) is 6.61 Å². The van der Waals surface area contributed by atoms with Crippen molar-refractivity contribution in [2.24, 2.45) is 0 Å². The van der Waals surface area contributed by atoms with Crippen LogP contribution in [0.1, 0.15) is 5.56 Å². The number of nitrogens with zero attached hydrogens (tertiary/aromatic N) is 1. The van der Waals surface area contributed by atoms with Gasteiger partial charge in [-0.25, -0.2) is 0 Å². The summed E-state index contributed by atoms with van der Waals surface area (Å²) in [5, 5.41) is 13.6. The highest BCUT2D eigenvalue weighted by Crippen LogP contribution is 2.36. The minimum Gasteiger partial charge on any atom is -0.467 e. The second-order valence-electron chi connectivity index (χ2n) is 3.05. The van der Waals surface area contributed by atoms with Crippen LogP contribution in [0.15, 0.2) is 12.1 Å². The van der Waals surface area contributed by atoms with Gasteiger partial charge in [0.25, 0.3) is 5.69 Å². The molecule has 0 unspecified atom stereocenters. The van der Waals surface area contributed by atoms with Crippen molar-refractivity contribution in [2.75, 3.05) is 19.2 Å². The Hall–Kier alpha value is -1.82. The summed E-state index contributed by atoms with van der Waals surface area (Å²) in [6.45, 7) is 0.515. The van der Waals surface area contributed by atoms with Gasteiger partial charge in [-0.1, -0.05) is 0 Å². The van der Waals surface area contributed by atoms with Crippen LogP contribution in [0.2, 0.25) is 0 Å². The molecule has 1 aromatic carbocycles. The Balaban J connectivity index is 2.56. The van der Waals surface area contributed by atoms with Gasteiger partial charge in [-0.3, -0.25) is 10.1 Å². The fraction of sp³-hybridized carbons (Fsp3) is 0.333. The molecule has 1 heterocycles. The number of hydrogen-bond donors (Lipinski definition) is 1. The summed E-state index contributed by atoms with van der Waals surface area (Å²) < 4.78 is 10.3. The summed E-state index contributed by atoms with van der Waals surface area (Å²) in [4.78, 5) is 10.3. The Morgan fingerprint density at radius 2 is 2.33 bits per heavy atom. The van der Waals surface area contributed by atoms with Gasteiger partial charge in [-0.05, 0) is 6.07 Å². The van der Waals surface area contributed by atoms with Gasteiger partial charge in [0, 0.05) is 13.1 Å². The molecule has 0 bridgehead atoms. The standard InChI is InChI=1S/C9H10N2O4/c1-10-9-6-4-14-5-15-8(6)3-2-7(9)11(12)13/h2-3,10H,4-5H2,1H3. The molecular weight excluding hydrogens is 200 g/mol. The Kier molecular flexibility index (Phi) is 2.42. The Labute approximate surface area is 86.0 Å². The highest BCUT2D eigenvalue weighted by Gasteiger charge is 2.22. The molecule has 0 fully saturated rings. The van der Waals surface area contributed by atoms with Crippen molar-refractivity contribution in [3.05, 3.63) is 27.8 Å². The van der Waals surface area contributed by atoms with Gasteiger partial charge < -0.3 is 14.8 Å². The molecule has 1 aromatic rings. The number of anilines is 1. The fourth-order valence-electron chi connectivity index (χ4n) is 1.57. The molecule has 0 spiro atoms. The molecule has 15 heavy (non-hydrogen) atoms. The van der Waals surface area contributed by atoms with Crippen LogP contribution >= 0.6 is 0 Å². The summed E-state index contributed by atoms with van der Waals surface area (Å²) in [5.74, 6) is 0.635. The van der Waals surface area contributed by atoms with E-state index in [1.54, 1.807) is 13.1 Å². The molecule has 0 radical (unpaired) electrons. The molecule has 0 aromatic heterocycles. The maximum Gasteiger partial charge on any atom is 0.292 e. The average molecular weight is 210 g/mol. The first-order chi connectivity index (χ1) is 7.24. The molecular formula is C9H10N2O4. The maximum atomic E-state index is 10.8. The lowest BCUT2D eigenvalue weighted by molar-refractivity contribution is -0.384. The van der Waals surface area contributed by atoms with Crippen molar-refractivity contribution in [3.8, 4) is 5.75 Å². The second kappa shape index (κ2) is 3.74. The lowest BCUT2D eigenvalue weighted by atomic mass is 10.1. The van der Waals surface area contributed by atoms with E-state index in [9.17, 15) is 10.1 Å². The predicted molar refractivity (Wildman–Crippen MR) is 52.9 cm³/mol. The smallest absolute Gasteiger partial charge is 0.292 e. The van der Waals surface area contributed by atoms with E-state index in [1.165, 1.54) is 6.07 Å². The van der Waals surface area contributed by atoms with E-state index in [4.69, 9.17) is 9.47 Å². The molecule has 6 nitrogen and oxygen atoms in total. The van der Waals surface area contributed by atoms with Gasteiger partial charge in [0.15, 0.2) is 6.79 Å². The zero-order valence-corrected chi connectivity index (χ0v) is 8.15. The number of hydrogen-bond acceptors (Lipinski definition) is 5. The minimum atomic E-state index is -0.430. The first-order valence-electron chi connectivity index (χ1n) is 4.42. The first kappa shape index (κ1) is 9.72. The van der Waals surface area contributed by atoms with Crippen LogP contribution < -0.4 is 10.1 Å².